The molecule has 0 saturated heterocycles. The molecule has 2 aromatic rings. The minimum Gasteiger partial charge on any atom is -0.398 e. The average molecular weight is 403 g/mol. The van der Waals surface area contributed by atoms with Crippen LogP contribution in [0.4, 0.5) is 5.69 Å². The van der Waals surface area contributed by atoms with Crippen molar-refractivity contribution in [3.05, 3.63) is 112 Å². The van der Waals surface area contributed by atoms with Crippen LogP contribution in [0, 0.1) is 0 Å². The van der Waals surface area contributed by atoms with E-state index in [9.17, 15) is 0 Å². The van der Waals surface area contributed by atoms with Crippen LogP contribution in [0.3, 0.4) is 0 Å². The number of aromatic nitrogens is 1. The standard InChI is InChI=1S/C26H21N5/c27-25-4-2-1-3-24(25)26-12-11-22(31-26)15-21-8-7-18(29-21)13-17-5-6-19(28-17)14-20-9-10-23(16-26)30-20/h1-11,13-16,28,31H,12,27H2. The maximum absolute atomic E-state index is 6.40. The predicted molar refractivity (Wildman–Crippen MR) is 127 cm³/mol. The second-order valence-electron chi connectivity index (χ2n) is 8.08. The number of aliphatic imine (C=N–C) groups is 2. The molecule has 6 rings (SSSR count). The molecular formula is C26H21N5. The van der Waals surface area contributed by atoms with E-state index in [1.54, 1.807) is 0 Å². The van der Waals surface area contributed by atoms with Crippen molar-refractivity contribution in [2.45, 2.75) is 12.0 Å². The number of H-pyrrole nitrogens is 1. The van der Waals surface area contributed by atoms with Crippen LogP contribution in [0.25, 0.3) is 12.2 Å². The number of rotatable bonds is 1. The van der Waals surface area contributed by atoms with E-state index < -0.39 is 5.54 Å². The number of nitrogens with one attached hydrogen (secondary N) is 2. The van der Waals surface area contributed by atoms with E-state index in [4.69, 9.17) is 15.7 Å². The van der Waals surface area contributed by atoms with Crippen molar-refractivity contribution in [1.82, 2.24) is 10.3 Å². The fourth-order valence-corrected chi connectivity index (χ4v) is 4.42. The van der Waals surface area contributed by atoms with Gasteiger partial charge >= 0.3 is 0 Å². The van der Waals surface area contributed by atoms with Gasteiger partial charge in [-0.2, -0.15) is 0 Å². The summed E-state index contributed by atoms with van der Waals surface area (Å²) in [5.41, 5.74) is 12.4. The van der Waals surface area contributed by atoms with Gasteiger partial charge in [0.25, 0.3) is 0 Å². The summed E-state index contributed by atoms with van der Waals surface area (Å²) in [6.07, 6.45) is 19.5. The summed E-state index contributed by atoms with van der Waals surface area (Å²) in [6.45, 7) is 0. The first-order valence-corrected chi connectivity index (χ1v) is 10.4. The number of aromatic amines is 1. The Hall–Kier alpha value is -4.12. The van der Waals surface area contributed by atoms with E-state index in [-0.39, 0.29) is 0 Å². The molecule has 31 heavy (non-hydrogen) atoms. The van der Waals surface area contributed by atoms with Crippen LogP contribution in [0.2, 0.25) is 0 Å². The second kappa shape index (κ2) is 6.71. The van der Waals surface area contributed by atoms with Crippen LogP contribution in [0.5, 0.6) is 0 Å². The zero-order valence-corrected chi connectivity index (χ0v) is 16.8. The number of nitrogens with two attached hydrogens (primary N) is 1. The van der Waals surface area contributed by atoms with Crippen molar-refractivity contribution < 1.29 is 0 Å². The number of nitrogen functional groups attached to an aromatic ring is 1. The van der Waals surface area contributed by atoms with E-state index >= 15 is 0 Å². The molecule has 5 heteroatoms. The zero-order chi connectivity index (χ0) is 20.8. The highest BCUT2D eigenvalue weighted by Gasteiger charge is 2.35. The molecule has 5 nitrogen and oxygen atoms in total. The number of fused-ring (bicyclic) bond motifs is 6. The van der Waals surface area contributed by atoms with Gasteiger partial charge in [0.05, 0.1) is 28.4 Å². The number of benzene rings is 1. The van der Waals surface area contributed by atoms with Crippen LogP contribution >= 0.6 is 0 Å². The number of hydrogen-bond donors (Lipinski definition) is 3. The van der Waals surface area contributed by atoms with Gasteiger partial charge in [-0.25, -0.2) is 9.98 Å². The topological polar surface area (TPSA) is 78.6 Å². The Bertz CT molecular complexity index is 1440. The quantitative estimate of drug-likeness (QED) is 0.640. The minimum absolute atomic E-state index is 0.464. The predicted octanol–water partition coefficient (Wildman–Crippen LogP) is 2.73. The monoisotopic (exact) mass is 403 g/mol. The molecule has 1 aromatic carbocycles. The van der Waals surface area contributed by atoms with Crippen LogP contribution in [0.15, 0.2) is 106 Å². The van der Waals surface area contributed by atoms with E-state index in [1.807, 2.05) is 48.6 Å². The first-order chi connectivity index (χ1) is 15.1. The summed E-state index contributed by atoms with van der Waals surface area (Å²) in [5.74, 6) is 0. The lowest BCUT2D eigenvalue weighted by atomic mass is 9.86. The van der Waals surface area contributed by atoms with Crippen molar-refractivity contribution in [3.8, 4) is 0 Å². The van der Waals surface area contributed by atoms with Gasteiger partial charge in [0.2, 0.25) is 0 Å². The summed E-state index contributed by atoms with van der Waals surface area (Å²) in [5, 5.41) is 5.72. The molecule has 4 N–H and O–H groups in total. The maximum Gasteiger partial charge on any atom is 0.0888 e. The molecule has 1 unspecified atom stereocenters. The number of hydrogen-bond acceptors (Lipinski definition) is 4. The summed E-state index contributed by atoms with van der Waals surface area (Å²) in [7, 11) is 0. The molecule has 0 aliphatic carbocycles. The van der Waals surface area contributed by atoms with Gasteiger partial charge in [-0.15, -0.1) is 0 Å². The van der Waals surface area contributed by atoms with Gasteiger partial charge in [0, 0.05) is 27.6 Å². The Balaban J connectivity index is 1.55. The SMILES string of the molecule is Nc1ccccc1C12C=C3C=CC(=N3)C=c3ccc([nH]3)=CC3=NC(=CC(=CC1)N2)C=C3. The Morgan fingerprint density at radius 2 is 1.52 bits per heavy atom. The molecule has 1 aromatic heterocycles. The lowest BCUT2D eigenvalue weighted by Gasteiger charge is -2.30. The molecule has 1 atom stereocenters. The summed E-state index contributed by atoms with van der Waals surface area (Å²) in [6, 6.07) is 12.1. The number of allylic oxidation sites excluding steroid dienone is 5. The molecule has 4 aliphatic rings. The Kier molecular flexibility index (Phi) is 3.83. The Morgan fingerprint density at radius 3 is 2.29 bits per heavy atom. The molecular weight excluding hydrogens is 382 g/mol. The second-order valence-corrected chi connectivity index (χ2v) is 8.08. The molecule has 0 spiro atoms. The van der Waals surface area contributed by atoms with Crippen LogP contribution < -0.4 is 21.7 Å². The largest absolute Gasteiger partial charge is 0.398 e. The van der Waals surface area contributed by atoms with Gasteiger partial charge in [0.1, 0.15) is 0 Å². The molecule has 0 amide bonds. The van der Waals surface area contributed by atoms with Gasteiger partial charge in [-0.1, -0.05) is 24.3 Å². The van der Waals surface area contributed by atoms with Gasteiger partial charge in [-0.05, 0) is 73.2 Å². The fraction of sp³-hybridized carbons (Fsp3) is 0.0769. The first-order valence-electron chi connectivity index (χ1n) is 10.4. The molecule has 0 radical (unpaired) electrons. The average Bonchev–Trinajstić information content (AvgIpc) is 3.54. The third-order valence-electron chi connectivity index (χ3n) is 5.85. The van der Waals surface area contributed by atoms with Gasteiger partial charge in [0.15, 0.2) is 0 Å². The van der Waals surface area contributed by atoms with E-state index in [0.717, 1.165) is 56.9 Å². The third kappa shape index (κ3) is 3.20. The number of nitrogens with zero attached hydrogens (tertiary/aromatic N) is 2. The highest BCUT2D eigenvalue weighted by molar-refractivity contribution is 6.20. The summed E-state index contributed by atoms with van der Waals surface area (Å²) >= 11 is 0. The normalized spacial score (nSPS) is 23.2. The molecule has 8 bridgehead atoms. The van der Waals surface area contributed by atoms with Crippen molar-refractivity contribution >= 4 is 29.3 Å². The number of anilines is 1. The summed E-state index contributed by atoms with van der Waals surface area (Å²) < 4.78 is 0. The molecule has 4 aliphatic heterocycles. The molecule has 0 saturated carbocycles. The third-order valence-corrected chi connectivity index (χ3v) is 5.85. The summed E-state index contributed by atoms with van der Waals surface area (Å²) in [4.78, 5) is 13.0. The van der Waals surface area contributed by atoms with Gasteiger partial charge in [-0.3, -0.25) is 0 Å². The first kappa shape index (κ1) is 17.7. The highest BCUT2D eigenvalue weighted by atomic mass is 15.0. The van der Waals surface area contributed by atoms with Crippen molar-refractivity contribution in [3.63, 3.8) is 0 Å². The van der Waals surface area contributed by atoms with Crippen LogP contribution in [0.1, 0.15) is 12.0 Å². The Morgan fingerprint density at radius 1 is 0.806 bits per heavy atom. The molecule has 0 fully saturated rings. The lowest BCUT2D eigenvalue weighted by molar-refractivity contribution is 0.506. The van der Waals surface area contributed by atoms with E-state index in [1.165, 1.54) is 0 Å². The van der Waals surface area contributed by atoms with Crippen molar-refractivity contribution in [1.29, 1.82) is 0 Å². The smallest absolute Gasteiger partial charge is 0.0888 e. The zero-order valence-electron chi connectivity index (χ0n) is 16.8. The van der Waals surface area contributed by atoms with Crippen LogP contribution in [-0.2, 0) is 5.54 Å². The van der Waals surface area contributed by atoms with Crippen LogP contribution in [-0.4, -0.2) is 16.4 Å². The number of para-hydroxylation sites is 1. The van der Waals surface area contributed by atoms with Gasteiger partial charge < -0.3 is 16.0 Å². The van der Waals surface area contributed by atoms with Crippen molar-refractivity contribution in [2.24, 2.45) is 9.98 Å². The highest BCUT2D eigenvalue weighted by Crippen LogP contribution is 2.38. The molecule has 5 heterocycles. The fourth-order valence-electron chi connectivity index (χ4n) is 4.42. The molecule has 150 valence electrons. The maximum atomic E-state index is 6.40. The lowest BCUT2D eigenvalue weighted by Crippen LogP contribution is -2.36. The Labute approximate surface area is 179 Å². The minimum atomic E-state index is -0.464. The van der Waals surface area contributed by atoms with Crippen molar-refractivity contribution in [2.75, 3.05) is 5.73 Å². The van der Waals surface area contributed by atoms with E-state index in [2.05, 4.69) is 52.8 Å². The van der Waals surface area contributed by atoms with E-state index in [0.29, 0.717) is 0 Å².